The molecule has 0 rings (SSSR count). The van der Waals surface area contributed by atoms with Gasteiger partial charge in [0.25, 0.3) is 0 Å². The first-order valence-electron chi connectivity index (χ1n) is 28.6. The molecular weight excluding hydrogens is 817 g/mol. The van der Waals surface area contributed by atoms with Crippen molar-refractivity contribution < 1.29 is 28.6 Å². The number of esters is 3. The minimum absolute atomic E-state index is 0.0802. The summed E-state index contributed by atoms with van der Waals surface area (Å²) in [4.78, 5) is 38.0. The van der Waals surface area contributed by atoms with Crippen molar-refractivity contribution in [3.05, 3.63) is 48.6 Å². The van der Waals surface area contributed by atoms with E-state index in [9.17, 15) is 14.4 Å². The lowest BCUT2D eigenvalue weighted by atomic mass is 10.0. The molecule has 6 heteroatoms. The van der Waals surface area contributed by atoms with E-state index in [1.54, 1.807) is 0 Å². The summed E-state index contributed by atoms with van der Waals surface area (Å²) in [6, 6.07) is 0. The average molecular weight is 926 g/mol. The largest absolute Gasteiger partial charge is 0.462 e. The van der Waals surface area contributed by atoms with Gasteiger partial charge in [-0.05, 0) is 70.6 Å². The lowest BCUT2D eigenvalue weighted by Gasteiger charge is -2.18. The molecule has 0 aromatic heterocycles. The van der Waals surface area contributed by atoms with E-state index < -0.39 is 6.10 Å². The van der Waals surface area contributed by atoms with E-state index in [-0.39, 0.29) is 31.1 Å². The summed E-state index contributed by atoms with van der Waals surface area (Å²) in [7, 11) is 0. The highest BCUT2D eigenvalue weighted by Gasteiger charge is 2.19. The van der Waals surface area contributed by atoms with Crippen molar-refractivity contribution in [2.75, 3.05) is 13.2 Å². The van der Waals surface area contributed by atoms with Crippen molar-refractivity contribution >= 4 is 17.9 Å². The molecule has 0 spiro atoms. The van der Waals surface area contributed by atoms with E-state index in [1.807, 2.05) is 0 Å². The topological polar surface area (TPSA) is 78.9 Å². The fraction of sp³-hybridized carbons (Fsp3) is 0.817. The molecule has 0 aliphatic rings. The fourth-order valence-electron chi connectivity index (χ4n) is 8.28. The molecule has 0 saturated carbocycles. The van der Waals surface area contributed by atoms with Crippen LogP contribution in [0, 0.1) is 0 Å². The third-order valence-electron chi connectivity index (χ3n) is 12.5. The Bertz CT molecular complexity index is 1150. The molecule has 384 valence electrons. The second-order valence-corrected chi connectivity index (χ2v) is 19.2. The van der Waals surface area contributed by atoms with Gasteiger partial charge in [0.05, 0.1) is 0 Å². The third kappa shape index (κ3) is 52.3. The first-order chi connectivity index (χ1) is 32.5. The van der Waals surface area contributed by atoms with Gasteiger partial charge in [-0.3, -0.25) is 14.4 Å². The van der Waals surface area contributed by atoms with Gasteiger partial charge in [0.2, 0.25) is 0 Å². The first-order valence-corrected chi connectivity index (χ1v) is 28.6. The number of hydrogen-bond acceptors (Lipinski definition) is 6. The third-order valence-corrected chi connectivity index (χ3v) is 12.5. The van der Waals surface area contributed by atoms with E-state index in [4.69, 9.17) is 14.2 Å². The Kier molecular flexibility index (Phi) is 52.8. The van der Waals surface area contributed by atoms with Crippen molar-refractivity contribution in [3.63, 3.8) is 0 Å². The Morgan fingerprint density at radius 1 is 0.318 bits per heavy atom. The summed E-state index contributed by atoms with van der Waals surface area (Å²) in [6.45, 7) is 6.48. The summed E-state index contributed by atoms with van der Waals surface area (Å²) in [5, 5.41) is 0. The minimum atomic E-state index is -0.782. The second-order valence-electron chi connectivity index (χ2n) is 19.2. The molecule has 1 atom stereocenters. The van der Waals surface area contributed by atoms with E-state index in [0.717, 1.165) is 109 Å². The maximum Gasteiger partial charge on any atom is 0.306 e. The molecule has 0 saturated heterocycles. The van der Waals surface area contributed by atoms with Crippen LogP contribution in [0.4, 0.5) is 0 Å². The van der Waals surface area contributed by atoms with Gasteiger partial charge < -0.3 is 14.2 Å². The van der Waals surface area contributed by atoms with Crippen LogP contribution in [0.1, 0.15) is 297 Å². The van der Waals surface area contributed by atoms with E-state index in [0.29, 0.717) is 19.3 Å². The number of unbranched alkanes of at least 4 members (excludes halogenated alkanes) is 33. The van der Waals surface area contributed by atoms with Crippen molar-refractivity contribution in [3.8, 4) is 0 Å². The molecule has 0 heterocycles. The van der Waals surface area contributed by atoms with Crippen LogP contribution in [0.3, 0.4) is 0 Å². The Hall–Kier alpha value is -2.63. The van der Waals surface area contributed by atoms with Crippen LogP contribution in [0.15, 0.2) is 48.6 Å². The molecular formula is C60H108O6. The van der Waals surface area contributed by atoms with Crippen LogP contribution in [-0.2, 0) is 28.6 Å². The molecule has 0 fully saturated rings. The van der Waals surface area contributed by atoms with E-state index in [2.05, 4.69) is 69.4 Å². The molecule has 0 N–H and O–H groups in total. The Morgan fingerprint density at radius 2 is 0.621 bits per heavy atom. The van der Waals surface area contributed by atoms with Gasteiger partial charge in [-0.25, -0.2) is 0 Å². The average Bonchev–Trinajstić information content (AvgIpc) is 3.31. The number of rotatable bonds is 52. The van der Waals surface area contributed by atoms with Crippen LogP contribution >= 0.6 is 0 Å². The lowest BCUT2D eigenvalue weighted by Crippen LogP contribution is -2.30. The molecule has 0 aromatic rings. The quantitative estimate of drug-likeness (QED) is 0.0262. The van der Waals surface area contributed by atoms with Crippen LogP contribution in [0.25, 0.3) is 0 Å². The van der Waals surface area contributed by atoms with Gasteiger partial charge >= 0.3 is 17.9 Å². The second kappa shape index (κ2) is 55.0. The maximum atomic E-state index is 12.8. The number of carbonyl (C=O) groups excluding carboxylic acids is 3. The highest BCUT2D eigenvalue weighted by atomic mass is 16.6. The minimum Gasteiger partial charge on any atom is -0.462 e. The number of allylic oxidation sites excluding steroid dienone is 8. The standard InChI is InChI=1S/C60H108O6/c1-4-7-10-13-16-19-22-24-26-27-28-29-30-31-32-33-35-36-38-41-44-47-50-53-59(62)65-56-57(55-64-58(61)52-49-46-43-40-21-18-15-12-9-6-3)66-60(63)54-51-48-45-42-39-37-34-25-23-20-17-14-11-8-5-2/h8,11-12,15,17,20,25,34,57H,4-7,9-10,13-14,16,18-19,21-24,26-33,35-56H2,1-3H3/b11-8-,15-12-,20-17-,34-25-. The zero-order valence-corrected chi connectivity index (χ0v) is 44.0. The molecule has 0 amide bonds. The lowest BCUT2D eigenvalue weighted by molar-refractivity contribution is -0.167. The Labute approximate surface area is 409 Å². The smallest absolute Gasteiger partial charge is 0.306 e. The normalized spacial score (nSPS) is 12.3. The molecule has 0 bridgehead atoms. The van der Waals surface area contributed by atoms with E-state index in [1.165, 1.54) is 148 Å². The Morgan fingerprint density at radius 3 is 1.00 bits per heavy atom. The van der Waals surface area contributed by atoms with E-state index >= 15 is 0 Å². The zero-order chi connectivity index (χ0) is 47.9. The molecule has 66 heavy (non-hydrogen) atoms. The molecule has 0 aliphatic heterocycles. The van der Waals surface area contributed by atoms with Crippen LogP contribution in [0.5, 0.6) is 0 Å². The van der Waals surface area contributed by atoms with Crippen molar-refractivity contribution in [2.45, 2.75) is 303 Å². The SMILES string of the molecule is CC/C=C\C/C=C\C/C=C\CCCCCCCC(=O)OC(COC(=O)CCCCCCC/C=C\CCC)COC(=O)CCCCCCCCCCCCCCCCCCCCCCCCC. The maximum absolute atomic E-state index is 12.8. The summed E-state index contributed by atoms with van der Waals surface area (Å²) < 4.78 is 16.8. The highest BCUT2D eigenvalue weighted by Crippen LogP contribution is 2.17. The number of carbonyl (C=O) groups is 3. The van der Waals surface area contributed by atoms with Crippen molar-refractivity contribution in [1.82, 2.24) is 0 Å². The van der Waals surface area contributed by atoms with Crippen LogP contribution in [-0.4, -0.2) is 37.2 Å². The van der Waals surface area contributed by atoms with Gasteiger partial charge in [-0.1, -0.05) is 256 Å². The number of ether oxygens (including phenoxy) is 3. The van der Waals surface area contributed by atoms with Gasteiger partial charge in [0, 0.05) is 19.3 Å². The molecule has 1 unspecified atom stereocenters. The Balaban J connectivity index is 4.22. The summed E-state index contributed by atoms with van der Waals surface area (Å²) in [6.07, 6.45) is 66.9. The monoisotopic (exact) mass is 925 g/mol. The molecule has 0 aliphatic carbocycles. The van der Waals surface area contributed by atoms with Crippen molar-refractivity contribution in [1.29, 1.82) is 0 Å². The summed E-state index contributed by atoms with van der Waals surface area (Å²) in [5.74, 6) is -0.897. The van der Waals surface area contributed by atoms with Gasteiger partial charge in [0.15, 0.2) is 6.10 Å². The predicted molar refractivity (Wildman–Crippen MR) is 284 cm³/mol. The van der Waals surface area contributed by atoms with Crippen LogP contribution < -0.4 is 0 Å². The first kappa shape index (κ1) is 63.4. The molecule has 6 nitrogen and oxygen atoms in total. The molecule has 0 aromatic carbocycles. The van der Waals surface area contributed by atoms with Crippen LogP contribution in [0.2, 0.25) is 0 Å². The predicted octanol–water partition coefficient (Wildman–Crippen LogP) is 19.0. The fourth-order valence-corrected chi connectivity index (χ4v) is 8.28. The van der Waals surface area contributed by atoms with Crippen molar-refractivity contribution in [2.24, 2.45) is 0 Å². The van der Waals surface area contributed by atoms with Gasteiger partial charge in [0.1, 0.15) is 13.2 Å². The summed E-state index contributed by atoms with van der Waals surface area (Å²) in [5.41, 5.74) is 0. The van der Waals surface area contributed by atoms with Gasteiger partial charge in [-0.15, -0.1) is 0 Å². The summed E-state index contributed by atoms with van der Waals surface area (Å²) >= 11 is 0. The number of hydrogen-bond donors (Lipinski definition) is 0. The highest BCUT2D eigenvalue weighted by molar-refractivity contribution is 5.71. The van der Waals surface area contributed by atoms with Gasteiger partial charge in [-0.2, -0.15) is 0 Å². The zero-order valence-electron chi connectivity index (χ0n) is 44.0. The molecule has 0 radical (unpaired) electrons.